The Hall–Kier alpha value is -4.86. The fourth-order valence-corrected chi connectivity index (χ4v) is 7.32. The molecule has 3 heteroatoms. The molecule has 6 aromatic carbocycles. The molecule has 9 rings (SSSR count). The van der Waals surface area contributed by atoms with Crippen LogP contribution >= 0.6 is 11.3 Å². The zero-order chi connectivity index (χ0) is 25.5. The van der Waals surface area contributed by atoms with Crippen molar-refractivity contribution < 1.29 is 4.42 Å². The maximum absolute atomic E-state index is 6.23. The Morgan fingerprint density at radius 1 is 0.436 bits per heavy atom. The van der Waals surface area contributed by atoms with Crippen LogP contribution in [0.15, 0.2) is 132 Å². The predicted molar refractivity (Wildman–Crippen MR) is 166 cm³/mol. The Labute approximate surface area is 227 Å². The van der Waals surface area contributed by atoms with Crippen molar-refractivity contribution in [3.05, 3.63) is 127 Å². The SMILES string of the molecule is c1ccc2c(c1)oc1cc3c4ccccc4n(-c4ccc(-c5ccc6c(c5)sc5ccccc56)cc4)c3cc12. The number of hydrogen-bond acceptors (Lipinski definition) is 2. The highest BCUT2D eigenvalue weighted by Gasteiger charge is 2.16. The van der Waals surface area contributed by atoms with Crippen LogP contribution in [0.3, 0.4) is 0 Å². The first kappa shape index (κ1) is 21.1. The van der Waals surface area contributed by atoms with Gasteiger partial charge in [0.05, 0.1) is 11.0 Å². The van der Waals surface area contributed by atoms with E-state index < -0.39 is 0 Å². The summed E-state index contributed by atoms with van der Waals surface area (Å²) in [6.07, 6.45) is 0. The van der Waals surface area contributed by atoms with Crippen LogP contribution < -0.4 is 0 Å². The number of para-hydroxylation sites is 2. The van der Waals surface area contributed by atoms with Crippen molar-refractivity contribution in [3.63, 3.8) is 0 Å². The van der Waals surface area contributed by atoms with Crippen molar-refractivity contribution in [1.82, 2.24) is 4.57 Å². The molecule has 0 amide bonds. The van der Waals surface area contributed by atoms with Gasteiger partial charge in [-0.2, -0.15) is 0 Å². The van der Waals surface area contributed by atoms with Crippen molar-refractivity contribution in [2.75, 3.05) is 0 Å². The molecule has 0 fully saturated rings. The predicted octanol–water partition coefficient (Wildman–Crippen LogP) is 10.7. The van der Waals surface area contributed by atoms with E-state index in [4.69, 9.17) is 4.42 Å². The Kier molecular flexibility index (Phi) is 4.24. The number of fused-ring (bicyclic) bond motifs is 9. The van der Waals surface area contributed by atoms with Gasteiger partial charge in [0.25, 0.3) is 0 Å². The summed E-state index contributed by atoms with van der Waals surface area (Å²) in [5.41, 5.74) is 7.87. The van der Waals surface area contributed by atoms with Crippen LogP contribution in [0.1, 0.15) is 0 Å². The van der Waals surface area contributed by atoms with E-state index in [2.05, 4.69) is 120 Å². The van der Waals surface area contributed by atoms with Crippen LogP contribution in [0.4, 0.5) is 0 Å². The van der Waals surface area contributed by atoms with Gasteiger partial charge in [0.1, 0.15) is 11.2 Å². The quantitative estimate of drug-likeness (QED) is 0.224. The standard InChI is InChI=1S/C36H21NOS/c1-4-10-31-25(7-1)29-21-34-30(26-8-2-5-11-33(26)38-34)20-32(29)37(31)24-16-13-22(14-17-24)23-15-18-28-27-9-3-6-12-35(27)39-36(28)19-23/h1-21H. The van der Waals surface area contributed by atoms with Crippen molar-refractivity contribution in [3.8, 4) is 16.8 Å². The third kappa shape index (κ3) is 3.02. The van der Waals surface area contributed by atoms with Gasteiger partial charge in [0.2, 0.25) is 0 Å². The summed E-state index contributed by atoms with van der Waals surface area (Å²) >= 11 is 1.87. The second kappa shape index (κ2) is 7.83. The van der Waals surface area contributed by atoms with E-state index in [9.17, 15) is 0 Å². The van der Waals surface area contributed by atoms with Crippen molar-refractivity contribution in [1.29, 1.82) is 0 Å². The molecule has 0 aliphatic carbocycles. The molecule has 39 heavy (non-hydrogen) atoms. The molecule has 3 heterocycles. The number of benzene rings is 6. The fourth-order valence-electron chi connectivity index (χ4n) is 6.17. The highest BCUT2D eigenvalue weighted by atomic mass is 32.1. The molecule has 0 N–H and O–H groups in total. The molecule has 0 radical (unpaired) electrons. The summed E-state index contributed by atoms with van der Waals surface area (Å²) in [4.78, 5) is 0. The second-order valence-electron chi connectivity index (χ2n) is 10.2. The van der Waals surface area contributed by atoms with Gasteiger partial charge in [-0.05, 0) is 59.7 Å². The largest absolute Gasteiger partial charge is 0.456 e. The first-order valence-electron chi connectivity index (χ1n) is 13.2. The van der Waals surface area contributed by atoms with Crippen LogP contribution in [0.2, 0.25) is 0 Å². The Morgan fingerprint density at radius 3 is 2.05 bits per heavy atom. The minimum absolute atomic E-state index is 0.927. The van der Waals surface area contributed by atoms with E-state index in [-0.39, 0.29) is 0 Å². The van der Waals surface area contributed by atoms with E-state index in [0.717, 1.165) is 27.6 Å². The Morgan fingerprint density at radius 2 is 1.15 bits per heavy atom. The second-order valence-corrected chi connectivity index (χ2v) is 11.3. The van der Waals surface area contributed by atoms with Gasteiger partial charge in [0.15, 0.2) is 0 Å². The summed E-state index contributed by atoms with van der Waals surface area (Å²) in [7, 11) is 0. The van der Waals surface area contributed by atoms with E-state index in [1.807, 2.05) is 23.5 Å². The summed E-state index contributed by atoms with van der Waals surface area (Å²) in [6.45, 7) is 0. The lowest BCUT2D eigenvalue weighted by atomic mass is 10.0. The Bertz CT molecular complexity index is 2380. The van der Waals surface area contributed by atoms with Gasteiger partial charge in [0, 0.05) is 47.4 Å². The lowest BCUT2D eigenvalue weighted by Gasteiger charge is -2.10. The number of thiophene rings is 1. The smallest absolute Gasteiger partial charge is 0.136 e. The number of hydrogen-bond donors (Lipinski definition) is 0. The zero-order valence-electron chi connectivity index (χ0n) is 20.9. The molecule has 0 aliphatic heterocycles. The molecular formula is C36H21NOS. The molecule has 2 nitrogen and oxygen atoms in total. The average molecular weight is 516 g/mol. The highest BCUT2D eigenvalue weighted by Crippen LogP contribution is 2.39. The van der Waals surface area contributed by atoms with E-state index >= 15 is 0 Å². The van der Waals surface area contributed by atoms with Gasteiger partial charge in [-0.3, -0.25) is 0 Å². The van der Waals surface area contributed by atoms with Gasteiger partial charge in [-0.1, -0.05) is 78.9 Å². The average Bonchev–Trinajstić information content (AvgIpc) is 3.65. The number of aromatic nitrogens is 1. The summed E-state index contributed by atoms with van der Waals surface area (Å²) in [6, 6.07) is 45.9. The summed E-state index contributed by atoms with van der Waals surface area (Å²) in [5.74, 6) is 0. The summed E-state index contributed by atoms with van der Waals surface area (Å²) in [5, 5.41) is 7.41. The van der Waals surface area contributed by atoms with Gasteiger partial charge in [-0.25, -0.2) is 0 Å². The Balaban J connectivity index is 1.23. The third-order valence-electron chi connectivity index (χ3n) is 8.01. The molecule has 0 saturated heterocycles. The molecule has 0 atom stereocenters. The van der Waals surface area contributed by atoms with Crippen molar-refractivity contribution >= 4 is 75.3 Å². The van der Waals surface area contributed by atoms with Gasteiger partial charge >= 0.3 is 0 Å². The molecule has 182 valence electrons. The molecule has 0 spiro atoms. The van der Waals surface area contributed by atoms with Crippen LogP contribution in [-0.4, -0.2) is 4.57 Å². The topological polar surface area (TPSA) is 18.1 Å². The van der Waals surface area contributed by atoms with Gasteiger partial charge < -0.3 is 8.98 Å². The normalized spacial score (nSPS) is 12.1. The highest BCUT2D eigenvalue weighted by molar-refractivity contribution is 7.25. The van der Waals surface area contributed by atoms with Crippen molar-refractivity contribution in [2.45, 2.75) is 0 Å². The first-order chi connectivity index (χ1) is 19.3. The molecule has 0 saturated carbocycles. The first-order valence-corrected chi connectivity index (χ1v) is 14.0. The number of furan rings is 1. The van der Waals surface area contributed by atoms with Crippen LogP contribution in [0, 0.1) is 0 Å². The van der Waals surface area contributed by atoms with Crippen LogP contribution in [0.5, 0.6) is 0 Å². The minimum atomic E-state index is 0.927. The number of rotatable bonds is 2. The van der Waals surface area contributed by atoms with Gasteiger partial charge in [-0.15, -0.1) is 11.3 Å². The molecule has 9 aromatic rings. The van der Waals surface area contributed by atoms with Crippen LogP contribution in [-0.2, 0) is 0 Å². The van der Waals surface area contributed by atoms with Crippen molar-refractivity contribution in [2.24, 2.45) is 0 Å². The third-order valence-corrected chi connectivity index (χ3v) is 9.14. The maximum atomic E-state index is 6.23. The minimum Gasteiger partial charge on any atom is -0.456 e. The summed E-state index contributed by atoms with van der Waals surface area (Å²) < 4.78 is 11.3. The molecule has 0 unspecified atom stereocenters. The number of nitrogens with zero attached hydrogens (tertiary/aromatic N) is 1. The van der Waals surface area contributed by atoms with E-state index in [0.29, 0.717) is 0 Å². The molecule has 3 aromatic heterocycles. The van der Waals surface area contributed by atoms with Crippen LogP contribution in [0.25, 0.3) is 80.7 Å². The molecule has 0 bridgehead atoms. The van der Waals surface area contributed by atoms with E-state index in [1.165, 1.54) is 53.1 Å². The van der Waals surface area contributed by atoms with E-state index in [1.54, 1.807) is 0 Å². The zero-order valence-corrected chi connectivity index (χ0v) is 21.7. The maximum Gasteiger partial charge on any atom is 0.136 e. The molecular weight excluding hydrogens is 494 g/mol. The molecule has 0 aliphatic rings. The lowest BCUT2D eigenvalue weighted by molar-refractivity contribution is 0.669. The monoisotopic (exact) mass is 515 g/mol. The lowest BCUT2D eigenvalue weighted by Crippen LogP contribution is -1.93. The fraction of sp³-hybridized carbons (Fsp3) is 0.